The number of carbonyl (C=O) groups excluding carboxylic acids is 2. The summed E-state index contributed by atoms with van der Waals surface area (Å²) in [5.41, 5.74) is 10.4. The van der Waals surface area contributed by atoms with Gasteiger partial charge in [-0.1, -0.05) is 80.6 Å². The van der Waals surface area contributed by atoms with Gasteiger partial charge in [-0.25, -0.2) is 4.39 Å². The van der Waals surface area contributed by atoms with Gasteiger partial charge in [0.1, 0.15) is 5.82 Å². The summed E-state index contributed by atoms with van der Waals surface area (Å²) in [5.74, 6) is -1.03. The quantitative estimate of drug-likeness (QED) is 0.337. The molecule has 1 fully saturated rings. The Labute approximate surface area is 279 Å². The molecule has 8 nitrogen and oxygen atoms in total. The standard InChI is InChI=1S/C36H44FN5O3.C2H6/c1-45-24-23-42-33(43)25-28-13-6-7-14-29(28)34(35(42)30(26-38)27-11-4-2-3-5-12-27)36(44)39-17-10-18-40-19-21-41(22-20-40)32-16-9-8-15-31(32)37;1-2/h2-9,11,13-16,26,34-35H,10,12,17-25,38H2,1H3,(H,39,44);1-2H3/b30-26+;. The predicted octanol–water partition coefficient (Wildman–Crippen LogP) is 4.95. The first-order valence-corrected chi connectivity index (χ1v) is 16.8. The molecule has 252 valence electrons. The predicted molar refractivity (Wildman–Crippen MR) is 188 cm³/mol. The van der Waals surface area contributed by atoms with Crippen molar-refractivity contribution in [1.82, 2.24) is 15.1 Å². The summed E-state index contributed by atoms with van der Waals surface area (Å²) < 4.78 is 19.7. The second-order valence-electron chi connectivity index (χ2n) is 11.6. The monoisotopic (exact) mass is 643 g/mol. The molecule has 2 aromatic carbocycles. The van der Waals surface area contributed by atoms with Crippen LogP contribution in [0.3, 0.4) is 0 Å². The lowest BCUT2D eigenvalue weighted by Crippen LogP contribution is -2.50. The normalized spacial score (nSPS) is 20.0. The van der Waals surface area contributed by atoms with E-state index in [1.54, 1.807) is 24.3 Å². The Morgan fingerprint density at radius 2 is 1.77 bits per heavy atom. The molecule has 3 N–H and O–H groups in total. The molecule has 1 saturated heterocycles. The zero-order valence-corrected chi connectivity index (χ0v) is 28.0. The Bertz CT molecular complexity index is 1460. The van der Waals surface area contributed by atoms with E-state index in [1.165, 1.54) is 6.07 Å². The number of nitrogens with one attached hydrogen (secondary N) is 1. The SMILES string of the molecule is CC.COCCN1C(=O)Cc2ccccc2C(C(=O)NCCCN2CCN(c3ccccc3F)CC2)C1/C(=C/N)C1=CC=CC=CC1. The zero-order valence-electron chi connectivity index (χ0n) is 28.0. The summed E-state index contributed by atoms with van der Waals surface area (Å²) in [6.07, 6.45) is 13.1. The Morgan fingerprint density at radius 3 is 2.51 bits per heavy atom. The highest BCUT2D eigenvalue weighted by Gasteiger charge is 2.42. The molecule has 2 aromatic rings. The van der Waals surface area contributed by atoms with Crippen LogP contribution >= 0.6 is 0 Å². The van der Waals surface area contributed by atoms with Crippen LogP contribution in [0, 0.1) is 5.82 Å². The van der Waals surface area contributed by atoms with Crippen LogP contribution in [0.25, 0.3) is 0 Å². The first-order chi connectivity index (χ1) is 23.0. The molecule has 0 radical (unpaired) electrons. The number of halogens is 1. The fraction of sp³-hybridized carbons (Fsp3) is 0.421. The maximum absolute atomic E-state index is 14.3. The van der Waals surface area contributed by atoms with Crippen molar-refractivity contribution in [2.45, 2.75) is 45.1 Å². The van der Waals surface area contributed by atoms with Crippen LogP contribution in [0.5, 0.6) is 0 Å². The van der Waals surface area contributed by atoms with Crippen LogP contribution in [-0.4, -0.2) is 87.2 Å². The Hall–Kier alpha value is -4.21. The number of nitrogens with two attached hydrogens (primary N) is 1. The molecule has 47 heavy (non-hydrogen) atoms. The molecular weight excluding hydrogens is 593 g/mol. The minimum Gasteiger partial charge on any atom is -0.404 e. The van der Waals surface area contributed by atoms with Crippen molar-refractivity contribution in [3.05, 3.63) is 113 Å². The molecule has 2 atom stereocenters. The third-order valence-electron chi connectivity index (χ3n) is 8.90. The van der Waals surface area contributed by atoms with Crippen molar-refractivity contribution >= 4 is 17.5 Å². The van der Waals surface area contributed by atoms with Crippen molar-refractivity contribution in [3.63, 3.8) is 0 Å². The van der Waals surface area contributed by atoms with Crippen molar-refractivity contribution in [2.75, 3.05) is 64.4 Å². The molecule has 5 rings (SSSR count). The van der Waals surface area contributed by atoms with Gasteiger partial charge in [0.2, 0.25) is 11.8 Å². The summed E-state index contributed by atoms with van der Waals surface area (Å²) in [6, 6.07) is 14.0. The number of rotatable bonds is 11. The molecule has 9 heteroatoms. The number of hydrogen-bond donors (Lipinski definition) is 2. The average molecular weight is 644 g/mol. The largest absolute Gasteiger partial charge is 0.404 e. The van der Waals surface area contributed by atoms with Crippen LogP contribution in [0.15, 0.2) is 96.3 Å². The van der Waals surface area contributed by atoms with Crippen LogP contribution in [0.4, 0.5) is 10.1 Å². The maximum atomic E-state index is 14.3. The molecule has 2 amide bonds. The van der Waals surface area contributed by atoms with Gasteiger partial charge >= 0.3 is 0 Å². The minimum absolute atomic E-state index is 0.0611. The number of benzene rings is 2. The Kier molecular flexibility index (Phi) is 13.8. The summed E-state index contributed by atoms with van der Waals surface area (Å²) >= 11 is 0. The minimum atomic E-state index is -0.652. The molecule has 3 aliphatic rings. The molecule has 0 aromatic heterocycles. The number of fused-ring (bicyclic) bond motifs is 1. The van der Waals surface area contributed by atoms with E-state index in [1.807, 2.05) is 74.5 Å². The van der Waals surface area contributed by atoms with E-state index >= 15 is 0 Å². The van der Waals surface area contributed by atoms with Gasteiger partial charge in [0.25, 0.3) is 0 Å². The van der Waals surface area contributed by atoms with Crippen molar-refractivity contribution in [3.8, 4) is 0 Å². The van der Waals surface area contributed by atoms with Gasteiger partial charge in [-0.15, -0.1) is 0 Å². The molecule has 2 aliphatic heterocycles. The number of piperazine rings is 1. The van der Waals surface area contributed by atoms with E-state index < -0.39 is 12.0 Å². The van der Waals surface area contributed by atoms with Crippen molar-refractivity contribution in [2.24, 2.45) is 5.73 Å². The number of methoxy groups -OCH3 is 1. The summed E-state index contributed by atoms with van der Waals surface area (Å²) in [7, 11) is 1.61. The third kappa shape index (κ3) is 8.99. The summed E-state index contributed by atoms with van der Waals surface area (Å²) in [6.45, 7) is 9.19. The number of para-hydroxylation sites is 1. The summed E-state index contributed by atoms with van der Waals surface area (Å²) in [4.78, 5) is 34.3. The smallest absolute Gasteiger partial charge is 0.230 e. The number of allylic oxidation sites excluding steroid dienone is 5. The molecule has 2 unspecified atom stereocenters. The van der Waals surface area contributed by atoms with Crippen LogP contribution in [0.1, 0.15) is 43.7 Å². The van der Waals surface area contributed by atoms with E-state index in [9.17, 15) is 14.0 Å². The average Bonchev–Trinajstić information content (AvgIpc) is 3.44. The first-order valence-electron chi connectivity index (χ1n) is 16.8. The molecule has 0 spiro atoms. The van der Waals surface area contributed by atoms with E-state index in [-0.39, 0.29) is 24.1 Å². The fourth-order valence-corrected chi connectivity index (χ4v) is 6.59. The lowest BCUT2D eigenvalue weighted by atomic mass is 9.81. The van der Waals surface area contributed by atoms with Crippen LogP contribution < -0.4 is 16.0 Å². The Morgan fingerprint density at radius 1 is 1.02 bits per heavy atom. The van der Waals surface area contributed by atoms with Crippen LogP contribution in [0.2, 0.25) is 0 Å². The Balaban J connectivity index is 0.00000245. The van der Waals surface area contributed by atoms with Gasteiger partial charge in [-0.2, -0.15) is 0 Å². The number of nitrogens with zero attached hydrogens (tertiary/aromatic N) is 3. The lowest BCUT2D eigenvalue weighted by Gasteiger charge is -2.37. The van der Waals surface area contributed by atoms with Gasteiger partial charge < -0.3 is 25.6 Å². The highest BCUT2D eigenvalue weighted by atomic mass is 19.1. The van der Waals surface area contributed by atoms with E-state index in [0.29, 0.717) is 31.8 Å². The number of hydrogen-bond acceptors (Lipinski definition) is 6. The maximum Gasteiger partial charge on any atom is 0.230 e. The number of ether oxygens (including phenoxy) is 1. The highest BCUT2D eigenvalue weighted by molar-refractivity contribution is 5.90. The van der Waals surface area contributed by atoms with Gasteiger partial charge in [-0.3, -0.25) is 14.5 Å². The van der Waals surface area contributed by atoms with Crippen molar-refractivity contribution in [1.29, 1.82) is 0 Å². The third-order valence-corrected chi connectivity index (χ3v) is 8.90. The number of amides is 2. The summed E-state index contributed by atoms with van der Waals surface area (Å²) in [5, 5.41) is 3.21. The highest BCUT2D eigenvalue weighted by Crippen LogP contribution is 2.38. The van der Waals surface area contributed by atoms with Crippen LogP contribution in [-0.2, 0) is 20.7 Å². The van der Waals surface area contributed by atoms with E-state index in [2.05, 4.69) is 21.2 Å². The molecule has 1 aliphatic carbocycles. The molecule has 0 bridgehead atoms. The van der Waals surface area contributed by atoms with Gasteiger partial charge in [-0.05, 0) is 60.0 Å². The second-order valence-corrected chi connectivity index (χ2v) is 11.6. The molecule has 2 heterocycles. The van der Waals surface area contributed by atoms with E-state index in [0.717, 1.165) is 61.4 Å². The number of carbonyl (C=O) groups is 2. The zero-order chi connectivity index (χ0) is 33.6. The van der Waals surface area contributed by atoms with Gasteiger partial charge in [0, 0.05) is 46.4 Å². The number of anilines is 1. The van der Waals surface area contributed by atoms with Gasteiger partial charge in [0.05, 0.1) is 30.7 Å². The topological polar surface area (TPSA) is 91.1 Å². The fourth-order valence-electron chi connectivity index (χ4n) is 6.59. The van der Waals surface area contributed by atoms with E-state index in [4.69, 9.17) is 10.5 Å². The van der Waals surface area contributed by atoms with Crippen molar-refractivity contribution < 1.29 is 18.7 Å². The lowest BCUT2D eigenvalue weighted by molar-refractivity contribution is -0.134. The second kappa shape index (κ2) is 18.2. The first kappa shape index (κ1) is 35.6. The molecule has 0 saturated carbocycles. The van der Waals surface area contributed by atoms with Gasteiger partial charge in [0.15, 0.2) is 0 Å². The molecular formula is C38H50FN5O3.